The van der Waals surface area contributed by atoms with Crippen molar-refractivity contribution in [3.8, 4) is 0 Å². The van der Waals surface area contributed by atoms with E-state index >= 15 is 0 Å². The van der Waals surface area contributed by atoms with Crippen molar-refractivity contribution in [2.75, 3.05) is 25.5 Å². The fourth-order valence-electron chi connectivity index (χ4n) is 1.60. The molecule has 0 amide bonds. The largest absolute Gasteiger partial charge is 0.393 e. The number of sulfonamides is 1. The zero-order chi connectivity index (χ0) is 16.0. The molecule has 120 valence electrons. The van der Waals surface area contributed by atoms with Gasteiger partial charge in [0.25, 0.3) is 0 Å². The molecule has 0 aliphatic heterocycles. The summed E-state index contributed by atoms with van der Waals surface area (Å²) >= 11 is 6.06. The van der Waals surface area contributed by atoms with Crippen LogP contribution in [0.3, 0.4) is 0 Å². The highest BCUT2D eigenvalue weighted by Crippen LogP contribution is 2.24. The van der Waals surface area contributed by atoms with E-state index in [1.54, 1.807) is 6.92 Å². The van der Waals surface area contributed by atoms with E-state index < -0.39 is 16.1 Å². The molecule has 0 aromatic carbocycles. The normalized spacial score (nSPS) is 13.4. The molecule has 6 nitrogen and oxygen atoms in total. The second-order valence-electron chi connectivity index (χ2n) is 4.89. The van der Waals surface area contributed by atoms with E-state index in [0.717, 1.165) is 6.42 Å². The maximum Gasteiger partial charge on any atom is 0.244 e. The zero-order valence-corrected chi connectivity index (χ0v) is 14.1. The lowest BCUT2D eigenvalue weighted by atomic mass is 10.3. The van der Waals surface area contributed by atoms with Gasteiger partial charge in [-0.3, -0.25) is 0 Å². The minimum absolute atomic E-state index is 0.0441. The molecule has 0 saturated carbocycles. The lowest BCUT2D eigenvalue weighted by Crippen LogP contribution is -2.29. The molecule has 8 heteroatoms. The van der Waals surface area contributed by atoms with Gasteiger partial charge in [-0.15, -0.1) is 0 Å². The molecule has 0 bridgehead atoms. The number of anilines is 1. The highest BCUT2D eigenvalue weighted by molar-refractivity contribution is 7.89. The van der Waals surface area contributed by atoms with Crippen LogP contribution in [-0.2, 0) is 10.0 Å². The third kappa shape index (κ3) is 5.10. The predicted octanol–water partition coefficient (Wildman–Crippen LogP) is 1.95. The summed E-state index contributed by atoms with van der Waals surface area (Å²) in [6.45, 7) is 4.57. The number of nitrogens with zero attached hydrogens (tertiary/aromatic N) is 2. The quantitative estimate of drug-likeness (QED) is 0.758. The molecule has 1 aromatic heterocycles. The first-order valence-electron chi connectivity index (χ1n) is 6.82. The van der Waals surface area contributed by atoms with Crippen LogP contribution in [0.25, 0.3) is 0 Å². The Morgan fingerprint density at radius 1 is 1.52 bits per heavy atom. The van der Waals surface area contributed by atoms with Gasteiger partial charge in [0.15, 0.2) is 0 Å². The number of aliphatic hydroxyl groups is 1. The number of hydrogen-bond acceptors (Lipinski definition) is 5. The third-order valence-corrected chi connectivity index (χ3v) is 5.04. The Balaban J connectivity index is 2.91. The van der Waals surface area contributed by atoms with Gasteiger partial charge in [0.1, 0.15) is 10.7 Å². The Hall–Kier alpha value is -0.890. The molecule has 0 aliphatic rings. The Labute approximate surface area is 131 Å². The predicted molar refractivity (Wildman–Crippen MR) is 84.1 cm³/mol. The van der Waals surface area contributed by atoms with Gasteiger partial charge in [0.05, 0.1) is 11.1 Å². The van der Waals surface area contributed by atoms with Gasteiger partial charge in [0.2, 0.25) is 10.0 Å². The van der Waals surface area contributed by atoms with Crippen molar-refractivity contribution in [3.05, 3.63) is 17.3 Å². The van der Waals surface area contributed by atoms with Crippen molar-refractivity contribution in [1.82, 2.24) is 9.29 Å². The number of rotatable bonds is 8. The second kappa shape index (κ2) is 7.93. The average molecular weight is 336 g/mol. The molecule has 0 fully saturated rings. The molecule has 1 unspecified atom stereocenters. The summed E-state index contributed by atoms with van der Waals surface area (Å²) in [6.07, 6.45) is 2.02. The SMILES string of the molecule is CCCNc1ncc(S(=O)(=O)N(C)CCC(C)O)cc1Cl. The lowest BCUT2D eigenvalue weighted by molar-refractivity contribution is 0.177. The molecule has 0 spiro atoms. The Bertz CT molecular complexity index is 564. The van der Waals surface area contributed by atoms with Crippen molar-refractivity contribution >= 4 is 27.4 Å². The Morgan fingerprint density at radius 3 is 2.71 bits per heavy atom. The van der Waals surface area contributed by atoms with Gasteiger partial charge >= 0.3 is 0 Å². The van der Waals surface area contributed by atoms with Gasteiger partial charge in [-0.25, -0.2) is 17.7 Å². The maximum absolute atomic E-state index is 12.3. The van der Waals surface area contributed by atoms with Gasteiger partial charge in [-0.05, 0) is 25.8 Å². The van der Waals surface area contributed by atoms with E-state index in [0.29, 0.717) is 18.8 Å². The monoisotopic (exact) mass is 335 g/mol. The van der Waals surface area contributed by atoms with Crippen LogP contribution in [-0.4, -0.2) is 49.1 Å². The second-order valence-corrected chi connectivity index (χ2v) is 7.34. The van der Waals surface area contributed by atoms with Crippen LogP contribution in [0.4, 0.5) is 5.82 Å². The van der Waals surface area contributed by atoms with Crippen molar-refractivity contribution in [3.63, 3.8) is 0 Å². The molecule has 0 saturated heterocycles. The van der Waals surface area contributed by atoms with E-state index in [2.05, 4.69) is 10.3 Å². The molecule has 1 rings (SSSR count). The smallest absolute Gasteiger partial charge is 0.244 e. The van der Waals surface area contributed by atoms with Crippen molar-refractivity contribution < 1.29 is 13.5 Å². The number of pyridine rings is 1. The lowest BCUT2D eigenvalue weighted by Gasteiger charge is -2.18. The summed E-state index contributed by atoms with van der Waals surface area (Å²) in [5, 5.41) is 12.5. The van der Waals surface area contributed by atoms with Crippen LogP contribution in [0, 0.1) is 0 Å². The summed E-state index contributed by atoms with van der Waals surface area (Å²) < 4.78 is 25.9. The minimum Gasteiger partial charge on any atom is -0.393 e. The number of aliphatic hydroxyl groups excluding tert-OH is 1. The molecular formula is C13H22ClN3O3S. The molecule has 0 radical (unpaired) electrons. The highest BCUT2D eigenvalue weighted by Gasteiger charge is 2.22. The van der Waals surface area contributed by atoms with E-state index in [1.165, 1.54) is 23.6 Å². The van der Waals surface area contributed by atoms with E-state index in [1.807, 2.05) is 6.92 Å². The summed E-state index contributed by atoms with van der Waals surface area (Å²) in [4.78, 5) is 4.11. The van der Waals surface area contributed by atoms with Crippen LogP contribution in [0.15, 0.2) is 17.2 Å². The molecule has 1 atom stereocenters. The molecule has 21 heavy (non-hydrogen) atoms. The third-order valence-electron chi connectivity index (χ3n) is 2.93. The highest BCUT2D eigenvalue weighted by atomic mass is 35.5. The Kier molecular flexibility index (Phi) is 6.86. The average Bonchev–Trinajstić information content (AvgIpc) is 2.43. The minimum atomic E-state index is -3.65. The first-order chi connectivity index (χ1) is 9.78. The van der Waals surface area contributed by atoms with Crippen molar-refractivity contribution in [1.29, 1.82) is 0 Å². The summed E-state index contributed by atoms with van der Waals surface area (Å²) in [7, 11) is -2.18. The van der Waals surface area contributed by atoms with Crippen LogP contribution < -0.4 is 5.32 Å². The van der Waals surface area contributed by atoms with Crippen molar-refractivity contribution in [2.45, 2.75) is 37.7 Å². The topological polar surface area (TPSA) is 82.5 Å². The van der Waals surface area contributed by atoms with Crippen LogP contribution >= 0.6 is 11.6 Å². The number of nitrogens with one attached hydrogen (secondary N) is 1. The Morgan fingerprint density at radius 2 is 2.19 bits per heavy atom. The van der Waals surface area contributed by atoms with Gasteiger partial charge in [-0.2, -0.15) is 0 Å². The summed E-state index contributed by atoms with van der Waals surface area (Å²) in [5.41, 5.74) is 0. The molecule has 2 N–H and O–H groups in total. The first kappa shape index (κ1) is 18.2. The fourth-order valence-corrected chi connectivity index (χ4v) is 3.06. The van der Waals surface area contributed by atoms with Crippen LogP contribution in [0.1, 0.15) is 26.7 Å². The standard InChI is InChI=1S/C13H22ClN3O3S/c1-4-6-15-13-12(14)8-11(9-16-13)21(19,20)17(3)7-5-10(2)18/h8-10,18H,4-7H2,1-3H3,(H,15,16). The first-order valence-corrected chi connectivity index (χ1v) is 8.64. The molecule has 1 aromatic rings. The van der Waals surface area contributed by atoms with Crippen molar-refractivity contribution in [2.24, 2.45) is 0 Å². The molecule has 0 aliphatic carbocycles. The van der Waals surface area contributed by atoms with Crippen LogP contribution in [0.2, 0.25) is 5.02 Å². The van der Waals surface area contributed by atoms with Gasteiger partial charge in [0, 0.05) is 26.3 Å². The van der Waals surface area contributed by atoms with Gasteiger partial charge < -0.3 is 10.4 Å². The summed E-state index contributed by atoms with van der Waals surface area (Å²) in [6, 6.07) is 1.39. The van der Waals surface area contributed by atoms with Gasteiger partial charge in [-0.1, -0.05) is 18.5 Å². The molecule has 1 heterocycles. The van der Waals surface area contributed by atoms with Crippen LogP contribution in [0.5, 0.6) is 0 Å². The number of aromatic nitrogens is 1. The fraction of sp³-hybridized carbons (Fsp3) is 0.615. The summed E-state index contributed by atoms with van der Waals surface area (Å²) in [5.74, 6) is 0.476. The molecular weight excluding hydrogens is 314 g/mol. The zero-order valence-electron chi connectivity index (χ0n) is 12.5. The maximum atomic E-state index is 12.3. The number of halogens is 1. The van der Waals surface area contributed by atoms with E-state index in [4.69, 9.17) is 11.6 Å². The number of hydrogen-bond donors (Lipinski definition) is 2. The van der Waals surface area contributed by atoms with E-state index in [-0.39, 0.29) is 16.5 Å². The van der Waals surface area contributed by atoms with E-state index in [9.17, 15) is 13.5 Å².